The maximum atomic E-state index is 11.3. The van der Waals surface area contributed by atoms with Crippen molar-refractivity contribution in [3.8, 4) is 0 Å². The number of halogens is 4. The minimum Gasteiger partial charge on any atom is -0.465 e. The second-order valence-electron chi connectivity index (χ2n) is 4.60. The SMILES string of the molecule is CCOC(=O)C(Br)Cc1ccccc1.CP(=O)(O)OCC(F)(F)F. The molecular formula is C14H19BrF3O5P. The number of hydrogen-bond acceptors (Lipinski definition) is 4. The summed E-state index contributed by atoms with van der Waals surface area (Å²) >= 11 is 3.31. The van der Waals surface area contributed by atoms with Crippen molar-refractivity contribution in [1.82, 2.24) is 0 Å². The standard InChI is InChI=1S/C11H13BrO2.C3H6F3O3P/c1-2-14-11(13)10(12)8-9-6-4-3-5-7-9;1-10(7,8)9-2-3(4,5)6/h3-7,10H,2,8H2,1H3;2H2,1H3,(H,7,8). The lowest BCUT2D eigenvalue weighted by Crippen LogP contribution is -2.19. The Morgan fingerprint density at radius 3 is 2.25 bits per heavy atom. The average molecular weight is 435 g/mol. The molecule has 2 atom stereocenters. The maximum absolute atomic E-state index is 11.3. The Morgan fingerprint density at radius 1 is 1.33 bits per heavy atom. The van der Waals surface area contributed by atoms with Gasteiger partial charge in [-0.15, -0.1) is 0 Å². The lowest BCUT2D eigenvalue weighted by Gasteiger charge is -2.08. The van der Waals surface area contributed by atoms with Gasteiger partial charge in [0.05, 0.1) is 6.61 Å². The normalized spacial score (nSPS) is 14.8. The summed E-state index contributed by atoms with van der Waals surface area (Å²) in [6.07, 6.45) is -3.88. The highest BCUT2D eigenvalue weighted by atomic mass is 79.9. The van der Waals surface area contributed by atoms with Crippen LogP contribution in [0.2, 0.25) is 0 Å². The van der Waals surface area contributed by atoms with Crippen molar-refractivity contribution in [3.05, 3.63) is 35.9 Å². The Hall–Kier alpha value is -0.890. The molecule has 0 aliphatic heterocycles. The van der Waals surface area contributed by atoms with E-state index < -0.39 is 20.4 Å². The molecule has 0 heterocycles. The van der Waals surface area contributed by atoms with Gasteiger partial charge in [0.15, 0.2) is 6.61 Å². The monoisotopic (exact) mass is 434 g/mol. The van der Waals surface area contributed by atoms with Crippen molar-refractivity contribution in [2.45, 2.75) is 24.3 Å². The molecule has 5 nitrogen and oxygen atoms in total. The smallest absolute Gasteiger partial charge is 0.412 e. The fourth-order valence-corrected chi connectivity index (χ4v) is 2.22. The van der Waals surface area contributed by atoms with E-state index in [1.54, 1.807) is 6.92 Å². The molecule has 0 radical (unpaired) electrons. The number of hydrogen-bond donors (Lipinski definition) is 1. The Bertz CT molecular complexity index is 533. The lowest BCUT2D eigenvalue weighted by atomic mass is 10.1. The first-order valence-corrected chi connectivity index (χ1v) is 9.75. The number of rotatable bonds is 6. The van der Waals surface area contributed by atoms with E-state index in [0.29, 0.717) is 19.7 Å². The summed E-state index contributed by atoms with van der Waals surface area (Å²) in [4.78, 5) is 19.2. The van der Waals surface area contributed by atoms with Crippen molar-refractivity contribution < 1.29 is 36.7 Å². The molecule has 0 saturated carbocycles. The molecule has 0 aliphatic carbocycles. The van der Waals surface area contributed by atoms with Gasteiger partial charge in [0.1, 0.15) is 4.83 Å². The summed E-state index contributed by atoms with van der Waals surface area (Å²) < 4.78 is 52.3. The first kappa shape index (κ1) is 23.1. The third-order valence-electron chi connectivity index (χ3n) is 2.27. The molecule has 0 amide bonds. The van der Waals surface area contributed by atoms with Gasteiger partial charge in [0, 0.05) is 6.66 Å². The second-order valence-corrected chi connectivity index (χ2v) is 7.57. The van der Waals surface area contributed by atoms with E-state index >= 15 is 0 Å². The Labute approximate surface area is 146 Å². The van der Waals surface area contributed by atoms with Crippen LogP contribution in [0.4, 0.5) is 13.2 Å². The van der Waals surface area contributed by atoms with E-state index in [1.807, 2.05) is 30.3 Å². The van der Waals surface area contributed by atoms with Crippen molar-refractivity contribution in [3.63, 3.8) is 0 Å². The number of benzene rings is 1. The number of carbonyl (C=O) groups excluding carboxylic acids is 1. The minimum atomic E-state index is -4.55. The predicted octanol–water partition coefficient (Wildman–Crippen LogP) is 3.94. The second kappa shape index (κ2) is 10.9. The lowest BCUT2D eigenvalue weighted by molar-refractivity contribution is -0.154. The van der Waals surface area contributed by atoms with Crippen molar-refractivity contribution in [1.29, 1.82) is 0 Å². The molecule has 0 saturated heterocycles. The molecular weight excluding hydrogens is 416 g/mol. The minimum absolute atomic E-state index is 0.198. The predicted molar refractivity (Wildman–Crippen MR) is 87.3 cm³/mol. The molecule has 0 aromatic heterocycles. The molecule has 1 aromatic rings. The topological polar surface area (TPSA) is 72.8 Å². The van der Waals surface area contributed by atoms with Gasteiger partial charge in [0.2, 0.25) is 0 Å². The van der Waals surface area contributed by atoms with Gasteiger partial charge in [-0.1, -0.05) is 46.3 Å². The zero-order valence-corrected chi connectivity index (χ0v) is 15.6. The Balaban J connectivity index is 0.000000470. The van der Waals surface area contributed by atoms with E-state index in [-0.39, 0.29) is 10.8 Å². The van der Waals surface area contributed by atoms with Gasteiger partial charge in [-0.05, 0) is 18.9 Å². The molecule has 1 rings (SSSR count). The fourth-order valence-electron chi connectivity index (χ4n) is 1.33. The Kier molecular flexibility index (Phi) is 10.5. The highest BCUT2D eigenvalue weighted by molar-refractivity contribution is 9.10. The molecule has 2 unspecified atom stereocenters. The van der Waals surface area contributed by atoms with E-state index in [9.17, 15) is 22.5 Å². The molecule has 1 N–H and O–H groups in total. The van der Waals surface area contributed by atoms with E-state index in [4.69, 9.17) is 9.63 Å². The number of carbonyl (C=O) groups is 1. The van der Waals surface area contributed by atoms with E-state index in [2.05, 4.69) is 20.5 Å². The van der Waals surface area contributed by atoms with Crippen LogP contribution in [0.3, 0.4) is 0 Å². The summed E-state index contributed by atoms with van der Waals surface area (Å²) in [6, 6.07) is 9.86. The number of alkyl halides is 4. The quantitative estimate of drug-likeness (QED) is 0.417. The molecule has 0 fully saturated rings. The zero-order valence-electron chi connectivity index (χ0n) is 13.1. The summed E-state index contributed by atoms with van der Waals surface area (Å²) in [7, 11) is -3.98. The van der Waals surface area contributed by atoms with E-state index in [1.165, 1.54) is 0 Å². The molecule has 0 bridgehead atoms. The Morgan fingerprint density at radius 2 is 1.88 bits per heavy atom. The van der Waals surface area contributed by atoms with Crippen LogP contribution in [0.1, 0.15) is 12.5 Å². The summed E-state index contributed by atoms with van der Waals surface area (Å²) in [5.74, 6) is -0.198. The molecule has 1 aromatic carbocycles. The van der Waals surface area contributed by atoms with Crippen molar-refractivity contribution >= 4 is 29.5 Å². The fraction of sp³-hybridized carbons (Fsp3) is 0.500. The van der Waals surface area contributed by atoms with Crippen LogP contribution in [-0.4, -0.2) is 41.7 Å². The van der Waals surface area contributed by atoms with Gasteiger partial charge in [-0.3, -0.25) is 13.9 Å². The van der Waals surface area contributed by atoms with Crippen LogP contribution in [0.15, 0.2) is 30.3 Å². The van der Waals surface area contributed by atoms with Gasteiger partial charge >= 0.3 is 19.7 Å². The highest BCUT2D eigenvalue weighted by Crippen LogP contribution is 2.38. The third kappa shape index (κ3) is 13.5. The first-order chi connectivity index (χ1) is 10.9. The molecule has 10 heteroatoms. The number of ether oxygens (including phenoxy) is 1. The van der Waals surface area contributed by atoms with Crippen LogP contribution in [0.5, 0.6) is 0 Å². The molecule has 0 aliphatic rings. The number of esters is 1. The van der Waals surface area contributed by atoms with Crippen molar-refractivity contribution in [2.24, 2.45) is 0 Å². The third-order valence-corrected chi connectivity index (χ3v) is 3.57. The first-order valence-electron chi connectivity index (χ1n) is 6.80. The van der Waals surface area contributed by atoms with Crippen LogP contribution in [-0.2, 0) is 25.0 Å². The summed E-state index contributed by atoms with van der Waals surface area (Å²) in [5, 5.41) is 0. The zero-order chi connectivity index (χ0) is 18.8. The summed E-state index contributed by atoms with van der Waals surface area (Å²) in [5.41, 5.74) is 1.13. The molecule has 138 valence electrons. The summed E-state index contributed by atoms with van der Waals surface area (Å²) in [6.45, 7) is 1.24. The van der Waals surface area contributed by atoms with Crippen LogP contribution >= 0.6 is 23.5 Å². The van der Waals surface area contributed by atoms with E-state index in [0.717, 1.165) is 5.56 Å². The van der Waals surface area contributed by atoms with Crippen LogP contribution in [0.25, 0.3) is 0 Å². The van der Waals surface area contributed by atoms with Gasteiger partial charge in [0.25, 0.3) is 0 Å². The highest BCUT2D eigenvalue weighted by Gasteiger charge is 2.30. The van der Waals surface area contributed by atoms with Gasteiger partial charge in [-0.2, -0.15) is 13.2 Å². The average Bonchev–Trinajstić information content (AvgIpc) is 2.46. The van der Waals surface area contributed by atoms with Gasteiger partial charge < -0.3 is 9.63 Å². The van der Waals surface area contributed by atoms with Gasteiger partial charge in [-0.25, -0.2) is 0 Å². The molecule has 0 spiro atoms. The maximum Gasteiger partial charge on any atom is 0.412 e. The molecule has 24 heavy (non-hydrogen) atoms. The van der Waals surface area contributed by atoms with Crippen molar-refractivity contribution in [2.75, 3.05) is 19.9 Å². The van der Waals surface area contributed by atoms with Crippen LogP contribution < -0.4 is 0 Å². The van der Waals surface area contributed by atoms with Crippen LogP contribution in [0, 0.1) is 0 Å². The largest absolute Gasteiger partial charge is 0.465 e.